The molecule has 0 aromatic heterocycles. The topological polar surface area (TPSA) is 12.0 Å². The van der Waals surface area contributed by atoms with Gasteiger partial charge in [-0.25, -0.2) is 0 Å². The summed E-state index contributed by atoms with van der Waals surface area (Å²) < 4.78 is 1.04. The van der Waals surface area contributed by atoms with Crippen LogP contribution in [0.2, 0.25) is 5.02 Å². The number of hydrogen-bond donors (Lipinski definition) is 1. The van der Waals surface area contributed by atoms with E-state index in [1.807, 2.05) is 25.2 Å². The minimum Gasteiger partial charge on any atom is -0.309 e. The monoisotopic (exact) mass is 323 g/mol. The minimum absolute atomic E-state index is 0.108. The summed E-state index contributed by atoms with van der Waals surface area (Å²) in [4.78, 5) is 0. The van der Waals surface area contributed by atoms with Gasteiger partial charge >= 0.3 is 0 Å². The van der Waals surface area contributed by atoms with E-state index in [1.54, 1.807) is 0 Å². The Kier molecular flexibility index (Phi) is 4.44. The predicted octanol–water partition coefficient (Wildman–Crippen LogP) is 4.72. The molecular formula is C15H15BrClN. The Labute approximate surface area is 121 Å². The second-order valence-corrected chi connectivity index (χ2v) is 5.57. The van der Waals surface area contributed by atoms with Crippen LogP contribution in [-0.2, 0) is 0 Å². The number of halogens is 2. The zero-order valence-electron chi connectivity index (χ0n) is 10.4. The Morgan fingerprint density at radius 1 is 1.11 bits per heavy atom. The molecule has 1 nitrogen and oxygen atoms in total. The van der Waals surface area contributed by atoms with Crippen molar-refractivity contribution in [3.63, 3.8) is 0 Å². The Hall–Kier alpha value is -0.830. The van der Waals surface area contributed by atoms with Crippen LogP contribution in [0.3, 0.4) is 0 Å². The van der Waals surface area contributed by atoms with Gasteiger partial charge in [0.05, 0.1) is 6.04 Å². The fourth-order valence-corrected chi connectivity index (χ4v) is 2.73. The van der Waals surface area contributed by atoms with Crippen molar-refractivity contribution >= 4 is 27.5 Å². The fourth-order valence-electron chi connectivity index (χ4n) is 2.13. The molecule has 0 radical (unpaired) electrons. The SMILES string of the molecule is CNC(c1ccccc1C)c1cc(Br)ccc1Cl. The molecular weight excluding hydrogens is 310 g/mol. The van der Waals surface area contributed by atoms with Gasteiger partial charge in [0.25, 0.3) is 0 Å². The number of hydrogen-bond acceptors (Lipinski definition) is 1. The highest BCUT2D eigenvalue weighted by Gasteiger charge is 2.16. The van der Waals surface area contributed by atoms with Crippen molar-refractivity contribution in [1.29, 1.82) is 0 Å². The van der Waals surface area contributed by atoms with Gasteiger partial charge < -0.3 is 5.32 Å². The third-order valence-electron chi connectivity index (χ3n) is 3.06. The quantitative estimate of drug-likeness (QED) is 0.861. The van der Waals surface area contributed by atoms with Crippen molar-refractivity contribution in [1.82, 2.24) is 5.32 Å². The Morgan fingerprint density at radius 3 is 2.50 bits per heavy atom. The van der Waals surface area contributed by atoms with Gasteiger partial charge in [-0.3, -0.25) is 0 Å². The molecule has 2 aromatic carbocycles. The lowest BCUT2D eigenvalue weighted by Crippen LogP contribution is -2.19. The molecule has 1 N–H and O–H groups in total. The molecule has 0 heterocycles. The van der Waals surface area contributed by atoms with E-state index < -0.39 is 0 Å². The van der Waals surface area contributed by atoms with Crippen molar-refractivity contribution in [3.8, 4) is 0 Å². The summed E-state index contributed by atoms with van der Waals surface area (Å²) in [6, 6.07) is 14.4. The van der Waals surface area contributed by atoms with Crippen molar-refractivity contribution in [2.24, 2.45) is 0 Å². The second-order valence-electron chi connectivity index (χ2n) is 4.24. The van der Waals surface area contributed by atoms with E-state index >= 15 is 0 Å². The molecule has 1 atom stereocenters. The minimum atomic E-state index is 0.108. The van der Waals surface area contributed by atoms with Crippen molar-refractivity contribution < 1.29 is 0 Å². The first kappa shape index (κ1) is 13.6. The maximum atomic E-state index is 6.31. The maximum absolute atomic E-state index is 6.31. The van der Waals surface area contributed by atoms with E-state index in [9.17, 15) is 0 Å². The van der Waals surface area contributed by atoms with Crippen LogP contribution in [0.4, 0.5) is 0 Å². The van der Waals surface area contributed by atoms with Gasteiger partial charge in [-0.15, -0.1) is 0 Å². The Bertz CT molecular complexity index is 554. The molecule has 0 aliphatic carbocycles. The van der Waals surface area contributed by atoms with Crippen molar-refractivity contribution in [2.45, 2.75) is 13.0 Å². The van der Waals surface area contributed by atoms with E-state index in [4.69, 9.17) is 11.6 Å². The summed E-state index contributed by atoms with van der Waals surface area (Å²) in [5, 5.41) is 4.12. The number of rotatable bonds is 3. The molecule has 0 aliphatic heterocycles. The van der Waals surface area contributed by atoms with Crippen LogP contribution in [-0.4, -0.2) is 7.05 Å². The molecule has 0 saturated carbocycles. The normalized spacial score (nSPS) is 12.4. The standard InChI is InChI=1S/C15H15BrClN/c1-10-5-3-4-6-12(10)15(18-2)13-9-11(16)7-8-14(13)17/h3-9,15,18H,1-2H3. The zero-order chi connectivity index (χ0) is 13.1. The lowest BCUT2D eigenvalue weighted by atomic mass is 9.95. The van der Waals surface area contributed by atoms with Crippen LogP contribution in [0.15, 0.2) is 46.9 Å². The van der Waals surface area contributed by atoms with Gasteiger partial charge in [-0.1, -0.05) is 51.8 Å². The van der Waals surface area contributed by atoms with Crippen LogP contribution in [0, 0.1) is 6.92 Å². The largest absolute Gasteiger partial charge is 0.309 e. The molecule has 2 rings (SSSR count). The highest BCUT2D eigenvalue weighted by molar-refractivity contribution is 9.10. The third kappa shape index (κ3) is 2.77. The molecule has 0 amide bonds. The molecule has 0 fully saturated rings. The smallest absolute Gasteiger partial charge is 0.0592 e. The number of benzene rings is 2. The lowest BCUT2D eigenvalue weighted by molar-refractivity contribution is 0.687. The second kappa shape index (κ2) is 5.87. The molecule has 3 heteroatoms. The average molecular weight is 325 g/mol. The van der Waals surface area contributed by atoms with Gasteiger partial charge in [0.15, 0.2) is 0 Å². The summed E-state index contributed by atoms with van der Waals surface area (Å²) in [6.07, 6.45) is 0. The maximum Gasteiger partial charge on any atom is 0.0592 e. The van der Waals surface area contributed by atoms with Crippen LogP contribution in [0.5, 0.6) is 0 Å². The molecule has 1 unspecified atom stereocenters. The van der Waals surface area contributed by atoms with Crippen LogP contribution in [0.25, 0.3) is 0 Å². The van der Waals surface area contributed by atoms with Gasteiger partial charge in [0.2, 0.25) is 0 Å². The summed E-state index contributed by atoms with van der Waals surface area (Å²) in [6.45, 7) is 2.12. The average Bonchev–Trinajstić information content (AvgIpc) is 2.36. The van der Waals surface area contributed by atoms with E-state index in [0.29, 0.717) is 0 Å². The van der Waals surface area contributed by atoms with E-state index in [1.165, 1.54) is 11.1 Å². The number of aryl methyl sites for hydroxylation is 1. The Morgan fingerprint density at radius 2 is 1.83 bits per heavy atom. The third-order valence-corrected chi connectivity index (χ3v) is 3.89. The van der Waals surface area contributed by atoms with Gasteiger partial charge in [0, 0.05) is 9.50 Å². The van der Waals surface area contributed by atoms with Crippen LogP contribution in [0.1, 0.15) is 22.7 Å². The summed E-state index contributed by atoms with van der Waals surface area (Å²) >= 11 is 9.81. The van der Waals surface area contributed by atoms with E-state index in [2.05, 4.69) is 52.4 Å². The van der Waals surface area contributed by atoms with Gasteiger partial charge in [0.1, 0.15) is 0 Å². The summed E-state index contributed by atoms with van der Waals surface area (Å²) in [5.74, 6) is 0. The zero-order valence-corrected chi connectivity index (χ0v) is 12.7. The van der Waals surface area contributed by atoms with Crippen LogP contribution >= 0.6 is 27.5 Å². The van der Waals surface area contributed by atoms with Crippen molar-refractivity contribution in [3.05, 3.63) is 68.7 Å². The summed E-state index contributed by atoms with van der Waals surface area (Å²) in [7, 11) is 1.95. The first-order valence-electron chi connectivity index (χ1n) is 5.81. The van der Waals surface area contributed by atoms with Crippen LogP contribution < -0.4 is 5.32 Å². The van der Waals surface area contributed by atoms with Gasteiger partial charge in [-0.2, -0.15) is 0 Å². The molecule has 0 bridgehead atoms. The lowest BCUT2D eigenvalue weighted by Gasteiger charge is -2.20. The first-order valence-corrected chi connectivity index (χ1v) is 6.98. The Balaban J connectivity index is 2.52. The number of nitrogens with one attached hydrogen (secondary N) is 1. The van der Waals surface area contributed by atoms with E-state index in [-0.39, 0.29) is 6.04 Å². The van der Waals surface area contributed by atoms with E-state index in [0.717, 1.165) is 15.1 Å². The molecule has 2 aromatic rings. The van der Waals surface area contributed by atoms with Crippen molar-refractivity contribution in [2.75, 3.05) is 7.05 Å². The highest BCUT2D eigenvalue weighted by Crippen LogP contribution is 2.31. The first-order chi connectivity index (χ1) is 8.63. The molecule has 0 saturated heterocycles. The molecule has 18 heavy (non-hydrogen) atoms. The summed E-state index contributed by atoms with van der Waals surface area (Å²) in [5.41, 5.74) is 3.59. The molecule has 94 valence electrons. The highest BCUT2D eigenvalue weighted by atomic mass is 79.9. The molecule has 0 spiro atoms. The molecule has 0 aliphatic rings. The van der Waals surface area contributed by atoms with Gasteiger partial charge in [-0.05, 0) is 48.9 Å². The fraction of sp³-hybridized carbons (Fsp3) is 0.200. The predicted molar refractivity (Wildman–Crippen MR) is 81.2 cm³/mol.